The van der Waals surface area contributed by atoms with Crippen molar-refractivity contribution in [1.29, 1.82) is 0 Å². The Bertz CT molecular complexity index is 1940. The molecule has 0 aromatic heterocycles. The highest BCUT2D eigenvalue weighted by atomic mass is 35.5. The molecule has 48 heavy (non-hydrogen) atoms. The topological polar surface area (TPSA) is 96.5 Å². The number of hydrogen-bond donors (Lipinski definition) is 3. The van der Waals surface area contributed by atoms with Crippen LogP contribution in [-0.4, -0.2) is 24.8 Å². The summed E-state index contributed by atoms with van der Waals surface area (Å²) < 4.78 is 5.46. The number of hydrogen-bond acceptors (Lipinski definition) is 5. The molecule has 7 nitrogen and oxygen atoms in total. The first-order valence-electron chi connectivity index (χ1n) is 14.8. The van der Waals surface area contributed by atoms with Crippen molar-refractivity contribution in [1.82, 2.24) is 5.32 Å². The van der Waals surface area contributed by atoms with Crippen LogP contribution in [0.3, 0.4) is 0 Å². The number of anilines is 2. The fourth-order valence-corrected chi connectivity index (χ4v) is 5.95. The lowest BCUT2D eigenvalue weighted by molar-refractivity contribution is -0.116. The number of amides is 3. The molecule has 5 aromatic rings. The molecule has 1 atom stereocenters. The van der Waals surface area contributed by atoms with Crippen molar-refractivity contribution >= 4 is 70.1 Å². The number of rotatable bonds is 11. The first-order chi connectivity index (χ1) is 23.2. The molecule has 1 unspecified atom stereocenters. The zero-order valence-electron chi connectivity index (χ0n) is 26.0. The Morgan fingerprint density at radius 3 is 2.08 bits per heavy atom. The second kappa shape index (κ2) is 16.2. The Morgan fingerprint density at radius 1 is 0.792 bits per heavy atom. The summed E-state index contributed by atoms with van der Waals surface area (Å²) in [5, 5.41) is 9.08. The van der Waals surface area contributed by atoms with Gasteiger partial charge in [0.1, 0.15) is 16.7 Å². The van der Waals surface area contributed by atoms with Gasteiger partial charge in [-0.15, -0.1) is 11.8 Å². The van der Waals surface area contributed by atoms with Gasteiger partial charge in [0.25, 0.3) is 11.8 Å². The number of ether oxygens (including phenoxy) is 1. The Hall–Kier alpha value is -5.02. The van der Waals surface area contributed by atoms with Crippen LogP contribution >= 0.6 is 35.0 Å². The van der Waals surface area contributed by atoms with Crippen LogP contribution in [0, 0.1) is 6.92 Å². The van der Waals surface area contributed by atoms with E-state index in [0.29, 0.717) is 38.3 Å². The van der Waals surface area contributed by atoms with E-state index >= 15 is 0 Å². The third kappa shape index (κ3) is 9.07. The van der Waals surface area contributed by atoms with Crippen molar-refractivity contribution in [2.45, 2.75) is 17.1 Å². The fraction of sp³-hybridized carbons (Fsp3) is 0.0789. The summed E-state index contributed by atoms with van der Waals surface area (Å²) in [7, 11) is 1.52. The van der Waals surface area contributed by atoms with Crippen LogP contribution in [-0.2, 0) is 9.59 Å². The maximum atomic E-state index is 13.7. The lowest BCUT2D eigenvalue weighted by Crippen LogP contribution is -2.30. The normalized spacial score (nSPS) is 11.7. The zero-order valence-corrected chi connectivity index (χ0v) is 28.3. The van der Waals surface area contributed by atoms with E-state index in [2.05, 4.69) is 16.0 Å². The van der Waals surface area contributed by atoms with Crippen molar-refractivity contribution in [3.05, 3.63) is 159 Å². The molecule has 0 aliphatic carbocycles. The Labute approximate surface area is 293 Å². The van der Waals surface area contributed by atoms with E-state index in [4.69, 9.17) is 27.9 Å². The van der Waals surface area contributed by atoms with Crippen LogP contribution in [0.15, 0.2) is 132 Å². The molecule has 0 saturated carbocycles. The van der Waals surface area contributed by atoms with E-state index in [9.17, 15) is 14.4 Å². The summed E-state index contributed by atoms with van der Waals surface area (Å²) >= 11 is 13.7. The molecule has 0 fully saturated rings. The Morgan fingerprint density at radius 2 is 1.44 bits per heavy atom. The smallest absolute Gasteiger partial charge is 0.272 e. The van der Waals surface area contributed by atoms with Crippen molar-refractivity contribution in [2.75, 3.05) is 17.7 Å². The van der Waals surface area contributed by atoms with Gasteiger partial charge >= 0.3 is 0 Å². The summed E-state index contributed by atoms with van der Waals surface area (Å²) in [6.07, 6.45) is 1.58. The van der Waals surface area contributed by atoms with Crippen LogP contribution in [0.25, 0.3) is 6.08 Å². The number of thioether (sulfide) groups is 1. The molecule has 0 aliphatic rings. The fourth-order valence-electron chi connectivity index (χ4n) is 4.65. The van der Waals surface area contributed by atoms with E-state index in [1.807, 2.05) is 55.5 Å². The van der Waals surface area contributed by atoms with Gasteiger partial charge in [0.2, 0.25) is 5.91 Å². The van der Waals surface area contributed by atoms with E-state index < -0.39 is 17.1 Å². The summed E-state index contributed by atoms with van der Waals surface area (Å²) in [6, 6.07) is 35.6. The SMILES string of the molecule is COc1cc(Cl)c(C)cc1NC(=O)C(Sc1ccc(NC(=O)/C(=C/c2ccc(Cl)cc2)NC(=O)c2ccccc2)cc1)c1ccccc1. The molecule has 0 spiro atoms. The number of benzene rings is 5. The molecule has 5 rings (SSSR count). The summed E-state index contributed by atoms with van der Waals surface area (Å²) in [5.74, 6) is -0.715. The molecule has 3 amide bonds. The number of nitrogens with one attached hydrogen (secondary N) is 3. The molecular formula is C38H31Cl2N3O4S. The van der Waals surface area contributed by atoms with Crippen LogP contribution in [0.4, 0.5) is 11.4 Å². The maximum absolute atomic E-state index is 13.7. The largest absolute Gasteiger partial charge is 0.495 e. The summed E-state index contributed by atoms with van der Waals surface area (Å²) in [4.78, 5) is 40.9. The number of carbonyl (C=O) groups excluding carboxylic acids is 3. The van der Waals surface area contributed by atoms with Gasteiger partial charge in [-0.2, -0.15) is 0 Å². The molecule has 0 heterocycles. The van der Waals surface area contributed by atoms with E-state index in [1.54, 1.807) is 78.9 Å². The molecule has 0 saturated heterocycles. The molecule has 0 aliphatic heterocycles. The van der Waals surface area contributed by atoms with E-state index in [1.165, 1.54) is 18.9 Å². The predicted octanol–water partition coefficient (Wildman–Crippen LogP) is 9.19. The minimum Gasteiger partial charge on any atom is -0.495 e. The zero-order chi connectivity index (χ0) is 34.0. The van der Waals surface area contributed by atoms with Crippen LogP contribution < -0.4 is 20.7 Å². The predicted molar refractivity (Wildman–Crippen MR) is 195 cm³/mol. The first kappa shape index (κ1) is 34.3. The Balaban J connectivity index is 1.34. The molecule has 242 valence electrons. The first-order valence-corrected chi connectivity index (χ1v) is 16.5. The van der Waals surface area contributed by atoms with Gasteiger partial charge in [0.05, 0.1) is 12.8 Å². The molecule has 0 bridgehead atoms. The minimum absolute atomic E-state index is 0.0540. The second-order valence-corrected chi connectivity index (χ2v) is 12.6. The molecule has 3 N–H and O–H groups in total. The Kier molecular flexibility index (Phi) is 11.6. The highest BCUT2D eigenvalue weighted by Gasteiger charge is 2.24. The average molecular weight is 697 g/mol. The van der Waals surface area contributed by atoms with Crippen molar-refractivity contribution in [3.63, 3.8) is 0 Å². The van der Waals surface area contributed by atoms with Gasteiger partial charge in [-0.25, -0.2) is 0 Å². The summed E-state index contributed by atoms with van der Waals surface area (Å²) in [6.45, 7) is 1.86. The highest BCUT2D eigenvalue weighted by molar-refractivity contribution is 8.00. The lowest BCUT2D eigenvalue weighted by Gasteiger charge is -2.19. The van der Waals surface area contributed by atoms with Crippen molar-refractivity contribution < 1.29 is 19.1 Å². The third-order valence-corrected chi connectivity index (χ3v) is 9.08. The molecule has 5 aromatic carbocycles. The molecule has 10 heteroatoms. The van der Waals surface area contributed by atoms with Gasteiger partial charge in [-0.05, 0) is 84.3 Å². The van der Waals surface area contributed by atoms with Crippen LogP contribution in [0.1, 0.15) is 32.3 Å². The number of halogens is 2. The minimum atomic E-state index is -0.602. The monoisotopic (exact) mass is 695 g/mol. The lowest BCUT2D eigenvalue weighted by atomic mass is 10.1. The number of methoxy groups -OCH3 is 1. The second-order valence-electron chi connectivity index (χ2n) is 10.6. The highest BCUT2D eigenvalue weighted by Crippen LogP contribution is 2.38. The van der Waals surface area contributed by atoms with Crippen LogP contribution in [0.5, 0.6) is 5.75 Å². The average Bonchev–Trinajstić information content (AvgIpc) is 3.10. The van der Waals surface area contributed by atoms with Gasteiger partial charge in [0, 0.05) is 32.3 Å². The van der Waals surface area contributed by atoms with Crippen molar-refractivity contribution in [3.8, 4) is 5.75 Å². The standard InChI is InChI=1S/C38H31Cl2N3O4S/c1-24-21-32(34(47-2)23-31(24)40)42-38(46)35(26-9-5-3-6-10-26)48-30-19-17-29(18-20-30)41-37(45)33(22-25-13-15-28(39)16-14-25)43-36(44)27-11-7-4-8-12-27/h3-23,35H,1-2H3,(H,41,45)(H,42,46)(H,43,44)/b33-22-. The third-order valence-electron chi connectivity index (χ3n) is 7.16. The number of carbonyl (C=O) groups is 3. The van der Waals surface area contributed by atoms with Crippen molar-refractivity contribution in [2.24, 2.45) is 0 Å². The van der Waals surface area contributed by atoms with Gasteiger partial charge in [-0.1, -0.05) is 83.9 Å². The number of aryl methyl sites for hydroxylation is 1. The quantitative estimate of drug-likeness (QED) is 0.0946. The van der Waals surface area contributed by atoms with Crippen LogP contribution in [0.2, 0.25) is 10.0 Å². The maximum Gasteiger partial charge on any atom is 0.272 e. The van der Waals surface area contributed by atoms with Gasteiger partial charge in [0.15, 0.2) is 0 Å². The summed E-state index contributed by atoms with van der Waals surface area (Å²) in [5.41, 5.74) is 3.79. The molecule has 0 radical (unpaired) electrons. The van der Waals surface area contributed by atoms with E-state index in [0.717, 1.165) is 16.0 Å². The van der Waals surface area contributed by atoms with Gasteiger partial charge in [-0.3, -0.25) is 14.4 Å². The van der Waals surface area contributed by atoms with Gasteiger partial charge < -0.3 is 20.7 Å². The van der Waals surface area contributed by atoms with E-state index in [-0.39, 0.29) is 11.6 Å². The molecular weight excluding hydrogens is 665 g/mol.